The highest BCUT2D eigenvalue weighted by Crippen LogP contribution is 2.27. The van der Waals surface area contributed by atoms with Crippen molar-refractivity contribution in [3.8, 4) is 5.75 Å². The molecule has 1 fully saturated rings. The fourth-order valence-corrected chi connectivity index (χ4v) is 2.24. The minimum Gasteiger partial charge on any atom is -0.484 e. The Kier molecular flexibility index (Phi) is 4.66. The Balaban J connectivity index is 1.81. The van der Waals surface area contributed by atoms with Crippen LogP contribution in [0.15, 0.2) is 24.3 Å². The molecule has 0 aliphatic heterocycles. The number of carbonyl (C=O) groups excluding carboxylic acids is 1. The summed E-state index contributed by atoms with van der Waals surface area (Å²) in [6, 6.07) is 7.16. The van der Waals surface area contributed by atoms with Crippen LogP contribution in [-0.2, 0) is 4.79 Å². The summed E-state index contributed by atoms with van der Waals surface area (Å²) < 4.78 is 5.49. The van der Waals surface area contributed by atoms with Gasteiger partial charge >= 0.3 is 0 Å². The molecule has 1 aliphatic carbocycles. The predicted molar refractivity (Wildman–Crippen MR) is 75.9 cm³/mol. The molecule has 104 valence electrons. The molecular weight excluding hydrogens is 240 g/mol. The Morgan fingerprint density at radius 2 is 2.26 bits per heavy atom. The Morgan fingerprint density at radius 1 is 1.47 bits per heavy atom. The van der Waals surface area contributed by atoms with Crippen LogP contribution in [0.25, 0.3) is 0 Å². The van der Waals surface area contributed by atoms with Gasteiger partial charge in [0.2, 0.25) is 0 Å². The zero-order valence-corrected chi connectivity index (χ0v) is 11.5. The molecule has 1 aromatic carbocycles. The van der Waals surface area contributed by atoms with Gasteiger partial charge in [-0.15, -0.1) is 0 Å². The second-order valence-corrected chi connectivity index (χ2v) is 5.09. The van der Waals surface area contributed by atoms with E-state index in [9.17, 15) is 4.79 Å². The van der Waals surface area contributed by atoms with Gasteiger partial charge in [-0.25, -0.2) is 0 Å². The molecule has 1 amide bonds. The molecule has 0 spiro atoms. The number of anilines is 1. The van der Waals surface area contributed by atoms with E-state index in [0.29, 0.717) is 17.4 Å². The van der Waals surface area contributed by atoms with Gasteiger partial charge in [-0.3, -0.25) is 4.79 Å². The second-order valence-electron chi connectivity index (χ2n) is 5.09. The first-order valence-corrected chi connectivity index (χ1v) is 6.95. The molecule has 0 atom stereocenters. The molecule has 0 aromatic heterocycles. The molecule has 0 bridgehead atoms. The lowest BCUT2D eigenvalue weighted by Crippen LogP contribution is -2.39. The van der Waals surface area contributed by atoms with Crippen LogP contribution in [0.3, 0.4) is 0 Å². The lowest BCUT2D eigenvalue weighted by Gasteiger charge is -2.31. The van der Waals surface area contributed by atoms with E-state index < -0.39 is 0 Å². The average Bonchev–Trinajstić information content (AvgIpc) is 2.35. The monoisotopic (exact) mass is 262 g/mol. The number of amides is 1. The number of rotatable bonds is 6. The third-order valence-electron chi connectivity index (χ3n) is 3.66. The van der Waals surface area contributed by atoms with Crippen molar-refractivity contribution in [2.45, 2.75) is 26.2 Å². The van der Waals surface area contributed by atoms with Gasteiger partial charge in [0.05, 0.1) is 0 Å². The van der Waals surface area contributed by atoms with Gasteiger partial charge in [-0.05, 0) is 37.8 Å². The average molecular weight is 262 g/mol. The molecule has 0 radical (unpaired) electrons. The lowest BCUT2D eigenvalue weighted by molar-refractivity contribution is -0.134. The van der Waals surface area contributed by atoms with Gasteiger partial charge in [-0.1, -0.05) is 12.5 Å². The van der Waals surface area contributed by atoms with Crippen molar-refractivity contribution < 1.29 is 9.53 Å². The van der Waals surface area contributed by atoms with Crippen molar-refractivity contribution in [2.75, 3.05) is 25.4 Å². The van der Waals surface area contributed by atoms with Gasteiger partial charge in [0.25, 0.3) is 5.91 Å². The Hall–Kier alpha value is -1.71. The molecule has 0 unspecified atom stereocenters. The highest BCUT2D eigenvalue weighted by Gasteiger charge is 2.22. The maximum Gasteiger partial charge on any atom is 0.260 e. The number of nitrogens with two attached hydrogens (primary N) is 1. The van der Waals surface area contributed by atoms with E-state index in [1.165, 1.54) is 19.3 Å². The third-order valence-corrected chi connectivity index (χ3v) is 3.66. The van der Waals surface area contributed by atoms with Gasteiger partial charge in [0, 0.05) is 24.8 Å². The van der Waals surface area contributed by atoms with Gasteiger partial charge in [0.15, 0.2) is 6.61 Å². The predicted octanol–water partition coefficient (Wildman–Crippen LogP) is 2.30. The van der Waals surface area contributed by atoms with Crippen LogP contribution in [-0.4, -0.2) is 30.5 Å². The molecule has 1 saturated carbocycles. The van der Waals surface area contributed by atoms with E-state index in [0.717, 1.165) is 13.1 Å². The number of nitrogen functional groups attached to an aromatic ring is 1. The maximum absolute atomic E-state index is 12.1. The Morgan fingerprint density at radius 3 is 2.84 bits per heavy atom. The molecular formula is C15H22N2O2. The molecule has 1 aliphatic rings. The van der Waals surface area contributed by atoms with E-state index in [1.54, 1.807) is 12.1 Å². The molecule has 4 nitrogen and oxygen atoms in total. The summed E-state index contributed by atoms with van der Waals surface area (Å²) in [4.78, 5) is 14.0. The number of hydrogen-bond acceptors (Lipinski definition) is 3. The van der Waals surface area contributed by atoms with Crippen molar-refractivity contribution in [2.24, 2.45) is 5.92 Å². The van der Waals surface area contributed by atoms with E-state index in [2.05, 4.69) is 0 Å². The molecule has 2 rings (SSSR count). The highest BCUT2D eigenvalue weighted by molar-refractivity contribution is 5.77. The van der Waals surface area contributed by atoms with Crippen LogP contribution in [0.5, 0.6) is 5.75 Å². The van der Waals surface area contributed by atoms with E-state index >= 15 is 0 Å². The Labute approximate surface area is 114 Å². The fourth-order valence-electron chi connectivity index (χ4n) is 2.24. The molecule has 4 heteroatoms. The standard InChI is InChI=1S/C15H22N2O2/c1-2-17(10-12-5-3-6-12)15(18)11-19-14-8-4-7-13(16)9-14/h4,7-9,12H,2-3,5-6,10-11,16H2,1H3. The summed E-state index contributed by atoms with van der Waals surface area (Å²) in [5.74, 6) is 1.39. The summed E-state index contributed by atoms with van der Waals surface area (Å²) in [5, 5.41) is 0. The van der Waals surface area contributed by atoms with Crippen molar-refractivity contribution in [3.05, 3.63) is 24.3 Å². The normalized spacial score (nSPS) is 14.8. The second kappa shape index (κ2) is 6.45. The zero-order valence-electron chi connectivity index (χ0n) is 11.5. The zero-order chi connectivity index (χ0) is 13.7. The molecule has 0 heterocycles. The summed E-state index contributed by atoms with van der Waals surface area (Å²) in [7, 11) is 0. The SMILES string of the molecule is CCN(CC1CCC1)C(=O)COc1cccc(N)c1. The third kappa shape index (κ3) is 3.88. The fraction of sp³-hybridized carbons (Fsp3) is 0.533. The Bertz CT molecular complexity index is 430. The van der Waals surface area contributed by atoms with Crippen molar-refractivity contribution in [3.63, 3.8) is 0 Å². The first-order chi connectivity index (χ1) is 9.19. The smallest absolute Gasteiger partial charge is 0.260 e. The maximum atomic E-state index is 12.1. The molecule has 1 aromatic rings. The van der Waals surface area contributed by atoms with Crippen LogP contribution in [0, 0.1) is 5.92 Å². The summed E-state index contributed by atoms with van der Waals surface area (Å²) in [6.45, 7) is 3.71. The van der Waals surface area contributed by atoms with E-state index in [1.807, 2.05) is 24.0 Å². The number of ether oxygens (including phenoxy) is 1. The van der Waals surface area contributed by atoms with Gasteiger partial charge in [0.1, 0.15) is 5.75 Å². The van der Waals surface area contributed by atoms with Crippen molar-refractivity contribution in [1.82, 2.24) is 4.90 Å². The van der Waals surface area contributed by atoms with Crippen molar-refractivity contribution in [1.29, 1.82) is 0 Å². The minimum atomic E-state index is 0.0526. The molecule has 2 N–H and O–H groups in total. The number of likely N-dealkylation sites (N-methyl/N-ethyl adjacent to an activating group) is 1. The topological polar surface area (TPSA) is 55.6 Å². The minimum absolute atomic E-state index is 0.0526. The van der Waals surface area contributed by atoms with Crippen LogP contribution < -0.4 is 10.5 Å². The van der Waals surface area contributed by atoms with Crippen LogP contribution in [0.1, 0.15) is 26.2 Å². The molecule has 19 heavy (non-hydrogen) atoms. The van der Waals surface area contributed by atoms with E-state index in [4.69, 9.17) is 10.5 Å². The first-order valence-electron chi connectivity index (χ1n) is 6.95. The molecule has 0 saturated heterocycles. The number of carbonyl (C=O) groups is 1. The van der Waals surface area contributed by atoms with Gasteiger partial charge in [-0.2, -0.15) is 0 Å². The lowest BCUT2D eigenvalue weighted by atomic mass is 9.85. The number of hydrogen-bond donors (Lipinski definition) is 1. The summed E-state index contributed by atoms with van der Waals surface area (Å²) >= 11 is 0. The summed E-state index contributed by atoms with van der Waals surface area (Å²) in [6.07, 6.45) is 3.80. The first kappa shape index (κ1) is 13.7. The highest BCUT2D eigenvalue weighted by atomic mass is 16.5. The summed E-state index contributed by atoms with van der Waals surface area (Å²) in [5.41, 5.74) is 6.31. The quantitative estimate of drug-likeness (QED) is 0.800. The number of nitrogens with zero attached hydrogens (tertiary/aromatic N) is 1. The van der Waals surface area contributed by atoms with Crippen LogP contribution in [0.4, 0.5) is 5.69 Å². The van der Waals surface area contributed by atoms with Crippen molar-refractivity contribution >= 4 is 11.6 Å². The van der Waals surface area contributed by atoms with Gasteiger partial charge < -0.3 is 15.4 Å². The number of benzene rings is 1. The van der Waals surface area contributed by atoms with Crippen LogP contribution in [0.2, 0.25) is 0 Å². The van der Waals surface area contributed by atoms with Crippen LogP contribution >= 0.6 is 0 Å². The largest absolute Gasteiger partial charge is 0.484 e. The van der Waals surface area contributed by atoms with E-state index in [-0.39, 0.29) is 12.5 Å².